The van der Waals surface area contributed by atoms with E-state index < -0.39 is 5.97 Å². The molecule has 0 amide bonds. The van der Waals surface area contributed by atoms with Crippen LogP contribution in [0.5, 0.6) is 0 Å². The van der Waals surface area contributed by atoms with E-state index >= 15 is 0 Å². The number of rotatable bonds is 3. The van der Waals surface area contributed by atoms with Gasteiger partial charge < -0.3 is 10.4 Å². The summed E-state index contributed by atoms with van der Waals surface area (Å²) in [6.45, 7) is 1.77. The van der Waals surface area contributed by atoms with Crippen LogP contribution in [0, 0.1) is 0 Å². The molecule has 0 fully saturated rings. The first-order valence-electron chi connectivity index (χ1n) is 5.57. The number of hydrogen-bond acceptors (Lipinski definition) is 2. The highest BCUT2D eigenvalue weighted by atomic mass is 35.5. The van der Waals surface area contributed by atoms with Crippen molar-refractivity contribution in [2.24, 2.45) is 0 Å². The average Bonchev–Trinajstić information content (AvgIpc) is 2.29. The van der Waals surface area contributed by atoms with Crippen LogP contribution >= 0.6 is 86.0 Å². The molecular weight excluding hydrogens is 450 g/mol. The second-order valence-electron chi connectivity index (χ2n) is 4.06. The summed E-state index contributed by atoms with van der Waals surface area (Å²) in [6.07, 6.45) is 3.05. The van der Waals surface area contributed by atoms with Gasteiger partial charge in [0.2, 0.25) is 0 Å². The maximum atomic E-state index is 10.8. The fraction of sp³-hybridized carbons (Fsp3) is 0.308. The molecule has 0 aliphatic carbocycles. The second-order valence-corrected chi connectivity index (χ2v) is 4.49. The molecule has 2 N–H and O–H groups in total. The van der Waals surface area contributed by atoms with Crippen molar-refractivity contribution < 1.29 is 9.90 Å². The van der Waals surface area contributed by atoms with E-state index in [2.05, 4.69) is 11.4 Å². The van der Waals surface area contributed by atoms with Crippen molar-refractivity contribution in [3.8, 4) is 0 Å². The van der Waals surface area contributed by atoms with E-state index in [4.69, 9.17) is 16.7 Å². The van der Waals surface area contributed by atoms with Crippen LogP contribution in [0.15, 0.2) is 24.3 Å². The zero-order valence-electron chi connectivity index (χ0n) is 11.8. The Kier molecular flexibility index (Phi) is 26.0. The van der Waals surface area contributed by atoms with Crippen molar-refractivity contribution >= 4 is 97.6 Å². The number of halogens is 7. The molecule has 1 aliphatic heterocycles. The number of aliphatic carboxylic acids is 1. The van der Waals surface area contributed by atoms with Crippen LogP contribution in [0.3, 0.4) is 0 Å². The van der Waals surface area contributed by atoms with E-state index in [0.29, 0.717) is 5.02 Å². The van der Waals surface area contributed by atoms with E-state index in [1.54, 1.807) is 6.07 Å². The third-order valence-electron chi connectivity index (χ3n) is 2.82. The summed E-state index contributed by atoms with van der Waals surface area (Å²) in [5, 5.41) is 12.7. The molecule has 0 atom stereocenters. The summed E-state index contributed by atoms with van der Waals surface area (Å²) in [6, 6.07) is 5.47. The molecule has 0 saturated heterocycles. The highest BCUT2D eigenvalue weighted by Crippen LogP contribution is 2.26. The van der Waals surface area contributed by atoms with Crippen molar-refractivity contribution in [2.75, 3.05) is 13.1 Å². The molecule has 1 aliphatic rings. The standard InChI is InChI=1S/C13H14ClNO2.6ClH/c14-11-1-2-12(9-3-5-15-6-4-9)10(7-11)8-13(16)17;;;;;;/h1-3,7,15H,4-6,8H2,(H,16,17);6*1H. The SMILES string of the molecule is Cl.Cl.Cl.Cl.Cl.Cl.O=C(O)Cc1cc(Cl)ccc1C1=CCNCC1. The third-order valence-corrected chi connectivity index (χ3v) is 3.05. The minimum absolute atomic E-state index is 0. The van der Waals surface area contributed by atoms with Gasteiger partial charge in [0, 0.05) is 11.6 Å². The smallest absolute Gasteiger partial charge is 0.307 e. The molecule has 1 aromatic carbocycles. The number of hydrogen-bond donors (Lipinski definition) is 2. The Balaban J connectivity index is -0.000000180. The molecule has 0 radical (unpaired) electrons. The van der Waals surface area contributed by atoms with E-state index in [1.807, 2.05) is 12.1 Å². The molecule has 23 heavy (non-hydrogen) atoms. The minimum atomic E-state index is -0.831. The molecule has 138 valence electrons. The van der Waals surface area contributed by atoms with Gasteiger partial charge >= 0.3 is 5.97 Å². The van der Waals surface area contributed by atoms with Gasteiger partial charge in [-0.15, -0.1) is 74.4 Å². The number of carboxylic acid groups (broad SMARTS) is 1. The van der Waals surface area contributed by atoms with Crippen LogP contribution in [-0.2, 0) is 11.2 Å². The third kappa shape index (κ3) is 10.8. The van der Waals surface area contributed by atoms with Gasteiger partial charge in [0.1, 0.15) is 0 Å². The van der Waals surface area contributed by atoms with E-state index in [-0.39, 0.29) is 80.9 Å². The maximum absolute atomic E-state index is 10.8. The fourth-order valence-electron chi connectivity index (χ4n) is 2.05. The molecule has 0 saturated carbocycles. The molecule has 1 heterocycles. The Morgan fingerprint density at radius 2 is 1.74 bits per heavy atom. The molecular formula is C13H20Cl7NO2. The lowest BCUT2D eigenvalue weighted by atomic mass is 9.94. The normalized spacial score (nSPS) is 11.4. The molecule has 1 aromatic rings. The summed E-state index contributed by atoms with van der Waals surface area (Å²) < 4.78 is 0. The number of carboxylic acids is 1. The largest absolute Gasteiger partial charge is 0.481 e. The van der Waals surface area contributed by atoms with Crippen LogP contribution in [0.4, 0.5) is 0 Å². The lowest BCUT2D eigenvalue weighted by Gasteiger charge is -2.17. The molecule has 0 aromatic heterocycles. The number of benzene rings is 1. The van der Waals surface area contributed by atoms with Gasteiger partial charge in [-0.05, 0) is 41.8 Å². The molecule has 3 nitrogen and oxygen atoms in total. The number of carbonyl (C=O) groups is 1. The van der Waals surface area contributed by atoms with Crippen molar-refractivity contribution in [1.29, 1.82) is 0 Å². The topological polar surface area (TPSA) is 49.3 Å². The van der Waals surface area contributed by atoms with Gasteiger partial charge in [0.05, 0.1) is 6.42 Å². The summed E-state index contributed by atoms with van der Waals surface area (Å²) in [5.41, 5.74) is 3.01. The monoisotopic (exact) mass is 467 g/mol. The van der Waals surface area contributed by atoms with Gasteiger partial charge in [0.15, 0.2) is 0 Å². The van der Waals surface area contributed by atoms with Crippen molar-refractivity contribution in [3.05, 3.63) is 40.4 Å². The van der Waals surface area contributed by atoms with Gasteiger partial charge in [0.25, 0.3) is 0 Å². The Labute approximate surface area is 178 Å². The Morgan fingerprint density at radius 3 is 2.22 bits per heavy atom. The molecule has 0 unspecified atom stereocenters. The predicted octanol–water partition coefficient (Wildman–Crippen LogP) is 4.87. The van der Waals surface area contributed by atoms with Gasteiger partial charge in [-0.1, -0.05) is 23.7 Å². The van der Waals surface area contributed by atoms with E-state index in [9.17, 15) is 4.79 Å². The van der Waals surface area contributed by atoms with Crippen molar-refractivity contribution in [1.82, 2.24) is 5.32 Å². The second kappa shape index (κ2) is 17.2. The van der Waals surface area contributed by atoms with Crippen LogP contribution < -0.4 is 5.32 Å². The maximum Gasteiger partial charge on any atom is 0.307 e. The van der Waals surface area contributed by atoms with Gasteiger partial charge in [-0.25, -0.2) is 0 Å². The Bertz CT molecular complexity index is 483. The lowest BCUT2D eigenvalue weighted by molar-refractivity contribution is -0.136. The van der Waals surface area contributed by atoms with Crippen molar-refractivity contribution in [3.63, 3.8) is 0 Å². The molecule has 0 spiro atoms. The molecule has 0 bridgehead atoms. The number of nitrogens with one attached hydrogen (secondary N) is 1. The summed E-state index contributed by atoms with van der Waals surface area (Å²) in [7, 11) is 0. The van der Waals surface area contributed by atoms with Crippen LogP contribution in [0.25, 0.3) is 5.57 Å². The van der Waals surface area contributed by atoms with E-state index in [0.717, 1.165) is 30.6 Å². The average molecular weight is 470 g/mol. The zero-order valence-corrected chi connectivity index (χ0v) is 17.5. The zero-order chi connectivity index (χ0) is 12.3. The van der Waals surface area contributed by atoms with E-state index in [1.165, 1.54) is 5.57 Å². The first-order valence-corrected chi connectivity index (χ1v) is 5.95. The quantitative estimate of drug-likeness (QED) is 0.663. The Hall–Kier alpha value is 0.420. The molecule has 10 heteroatoms. The van der Waals surface area contributed by atoms with Crippen molar-refractivity contribution in [2.45, 2.75) is 12.8 Å². The first kappa shape index (κ1) is 34.7. The first-order chi connectivity index (χ1) is 8.16. The highest BCUT2D eigenvalue weighted by Gasteiger charge is 2.12. The summed E-state index contributed by atoms with van der Waals surface area (Å²) in [5.74, 6) is -0.831. The van der Waals surface area contributed by atoms with Gasteiger partial charge in [-0.3, -0.25) is 4.79 Å². The molecule has 2 rings (SSSR count). The Morgan fingerprint density at radius 1 is 1.13 bits per heavy atom. The van der Waals surface area contributed by atoms with Gasteiger partial charge in [-0.2, -0.15) is 0 Å². The van der Waals surface area contributed by atoms with Crippen LogP contribution in [0.1, 0.15) is 17.5 Å². The van der Waals surface area contributed by atoms with Crippen LogP contribution in [-0.4, -0.2) is 24.2 Å². The highest BCUT2D eigenvalue weighted by molar-refractivity contribution is 6.30. The fourth-order valence-corrected chi connectivity index (χ4v) is 2.25. The van der Waals surface area contributed by atoms with Crippen LogP contribution in [0.2, 0.25) is 5.02 Å². The minimum Gasteiger partial charge on any atom is -0.481 e. The summed E-state index contributed by atoms with van der Waals surface area (Å²) >= 11 is 5.91. The predicted molar refractivity (Wildman–Crippen MR) is 112 cm³/mol. The lowest BCUT2D eigenvalue weighted by Crippen LogP contribution is -2.20. The summed E-state index contributed by atoms with van der Waals surface area (Å²) in [4.78, 5) is 10.8.